The van der Waals surface area contributed by atoms with E-state index in [-0.39, 0.29) is 6.03 Å². The summed E-state index contributed by atoms with van der Waals surface area (Å²) in [4.78, 5) is 25.9. The number of nitrogens with zero attached hydrogens (tertiary/aromatic N) is 5. The van der Waals surface area contributed by atoms with Crippen LogP contribution in [0.1, 0.15) is 22.5 Å². The van der Waals surface area contributed by atoms with Crippen molar-refractivity contribution >= 4 is 39.8 Å². The van der Waals surface area contributed by atoms with Gasteiger partial charge >= 0.3 is 12.2 Å². The maximum absolute atomic E-state index is 12.8. The van der Waals surface area contributed by atoms with Crippen molar-refractivity contribution in [3.05, 3.63) is 76.4 Å². The molecule has 210 valence electrons. The van der Waals surface area contributed by atoms with Crippen molar-refractivity contribution in [1.82, 2.24) is 24.6 Å². The van der Waals surface area contributed by atoms with Gasteiger partial charge in [0.05, 0.1) is 5.56 Å². The van der Waals surface area contributed by atoms with E-state index in [1.54, 1.807) is 5.38 Å². The second-order valence-corrected chi connectivity index (χ2v) is 11.1. The average Bonchev–Trinajstić information content (AvgIpc) is 3.60. The number of carbonyl (C=O) groups excluding carboxylic acids is 1. The molecule has 2 amide bonds. The van der Waals surface area contributed by atoms with Gasteiger partial charge in [-0.15, -0.1) is 11.3 Å². The number of hydrogen-bond donors (Lipinski definition) is 2. The van der Waals surface area contributed by atoms with Gasteiger partial charge in [-0.1, -0.05) is 42.0 Å². The van der Waals surface area contributed by atoms with Gasteiger partial charge in [0.1, 0.15) is 16.6 Å². The summed E-state index contributed by atoms with van der Waals surface area (Å²) in [5.74, 6) is 1.19. The fourth-order valence-electron chi connectivity index (χ4n) is 4.25. The molecule has 0 atom stereocenters. The molecule has 5 rings (SSSR count). The number of urea groups is 1. The first kappa shape index (κ1) is 28.0. The summed E-state index contributed by atoms with van der Waals surface area (Å²) in [7, 11) is 0. The second-order valence-electron chi connectivity index (χ2n) is 9.48. The summed E-state index contributed by atoms with van der Waals surface area (Å²) in [6, 6.07) is 12.8. The minimum atomic E-state index is -4.38. The molecule has 13 heteroatoms. The van der Waals surface area contributed by atoms with Gasteiger partial charge < -0.3 is 10.2 Å². The Labute approximate surface area is 238 Å². The Hall–Kier alpha value is -3.55. The van der Waals surface area contributed by atoms with Gasteiger partial charge in [0.2, 0.25) is 5.13 Å². The molecular formula is C27H28F3N7OS2. The van der Waals surface area contributed by atoms with Gasteiger partial charge in [-0.3, -0.25) is 10.2 Å². The van der Waals surface area contributed by atoms with Crippen LogP contribution in [-0.4, -0.2) is 64.5 Å². The Balaban J connectivity index is 1.02. The summed E-state index contributed by atoms with van der Waals surface area (Å²) in [5, 5.41) is 8.65. The van der Waals surface area contributed by atoms with E-state index in [4.69, 9.17) is 4.98 Å². The molecular weight excluding hydrogens is 559 g/mol. The molecule has 0 radical (unpaired) electrons. The molecule has 2 aromatic heterocycles. The number of alkyl halides is 3. The molecule has 1 saturated heterocycles. The van der Waals surface area contributed by atoms with Crippen LogP contribution in [0.4, 0.5) is 28.9 Å². The van der Waals surface area contributed by atoms with Crippen molar-refractivity contribution in [1.29, 1.82) is 0 Å². The van der Waals surface area contributed by atoms with Crippen LogP contribution in [0.2, 0.25) is 0 Å². The van der Waals surface area contributed by atoms with Crippen LogP contribution in [0.3, 0.4) is 0 Å². The van der Waals surface area contributed by atoms with Crippen LogP contribution in [0.5, 0.6) is 0 Å². The van der Waals surface area contributed by atoms with Crippen LogP contribution >= 0.6 is 22.9 Å². The monoisotopic (exact) mass is 587 g/mol. The van der Waals surface area contributed by atoms with Gasteiger partial charge in [0.15, 0.2) is 0 Å². The molecule has 0 spiro atoms. The lowest BCUT2D eigenvalue weighted by Gasteiger charge is -2.34. The van der Waals surface area contributed by atoms with Crippen LogP contribution in [-0.2, 0) is 12.6 Å². The van der Waals surface area contributed by atoms with E-state index in [1.165, 1.54) is 46.1 Å². The molecule has 4 aromatic rings. The number of rotatable bonds is 8. The predicted octanol–water partition coefficient (Wildman–Crippen LogP) is 5.52. The van der Waals surface area contributed by atoms with E-state index < -0.39 is 11.7 Å². The number of hydrogen-bond acceptors (Lipinski definition) is 8. The van der Waals surface area contributed by atoms with Gasteiger partial charge in [-0.25, -0.2) is 14.8 Å². The van der Waals surface area contributed by atoms with Crippen molar-refractivity contribution in [2.45, 2.75) is 19.5 Å². The summed E-state index contributed by atoms with van der Waals surface area (Å²) in [6.07, 6.45) is -3.66. The first-order chi connectivity index (χ1) is 19.2. The fraction of sp³-hybridized carbons (Fsp3) is 0.333. The largest absolute Gasteiger partial charge is 0.416 e. The van der Waals surface area contributed by atoms with Crippen molar-refractivity contribution in [3.8, 4) is 10.6 Å². The number of nitrogens with one attached hydrogen (secondary N) is 2. The van der Waals surface area contributed by atoms with E-state index in [9.17, 15) is 18.0 Å². The minimum Gasteiger partial charge on any atom is -0.344 e. The van der Waals surface area contributed by atoms with E-state index in [0.29, 0.717) is 29.5 Å². The lowest BCUT2D eigenvalue weighted by Crippen LogP contribution is -2.48. The number of halogens is 3. The Morgan fingerprint density at radius 3 is 2.42 bits per heavy atom. The number of aryl methyl sites for hydroxylation is 1. The highest BCUT2D eigenvalue weighted by atomic mass is 32.1. The third kappa shape index (κ3) is 7.34. The predicted molar refractivity (Wildman–Crippen MR) is 152 cm³/mol. The lowest BCUT2D eigenvalue weighted by molar-refractivity contribution is -0.137. The van der Waals surface area contributed by atoms with Crippen molar-refractivity contribution in [2.24, 2.45) is 0 Å². The first-order valence-corrected chi connectivity index (χ1v) is 14.4. The van der Waals surface area contributed by atoms with Crippen LogP contribution < -0.4 is 15.5 Å². The molecule has 1 aliphatic rings. The number of piperazine rings is 1. The SMILES string of the molecule is Cc1ccc(Cc2nsc(N3CCN(CCNC(=O)Nc4csc(-c5ccc(C(F)(F)F)cc5)n4)CC3)n2)cc1. The summed E-state index contributed by atoms with van der Waals surface area (Å²) in [6.45, 7) is 6.67. The van der Waals surface area contributed by atoms with Gasteiger partial charge in [0.25, 0.3) is 0 Å². The van der Waals surface area contributed by atoms with Gasteiger partial charge in [-0.05, 0) is 24.6 Å². The van der Waals surface area contributed by atoms with E-state index >= 15 is 0 Å². The van der Waals surface area contributed by atoms with Gasteiger partial charge in [0, 0.05) is 68.2 Å². The Morgan fingerprint density at radius 1 is 1.00 bits per heavy atom. The molecule has 3 heterocycles. The maximum atomic E-state index is 12.8. The standard InChI is InChI=1S/C27H28F3N7OS2/c1-18-2-4-19(5-3-18)16-22-34-26(40-35-22)37-14-12-36(13-15-37)11-10-31-25(38)33-23-17-39-24(32-23)20-6-8-21(9-7-20)27(28,29)30/h2-9,17H,10-16H2,1H3,(H2,31,33,38). The van der Waals surface area contributed by atoms with Crippen LogP contribution in [0.15, 0.2) is 53.9 Å². The number of aromatic nitrogens is 3. The molecule has 2 N–H and O–H groups in total. The zero-order chi connectivity index (χ0) is 28.1. The molecule has 0 unspecified atom stereocenters. The zero-order valence-corrected chi connectivity index (χ0v) is 23.4. The van der Waals surface area contributed by atoms with Crippen LogP contribution in [0.25, 0.3) is 10.6 Å². The van der Waals surface area contributed by atoms with Gasteiger partial charge in [-0.2, -0.15) is 17.5 Å². The minimum absolute atomic E-state index is 0.352. The molecule has 40 heavy (non-hydrogen) atoms. The molecule has 8 nitrogen and oxygen atoms in total. The summed E-state index contributed by atoms with van der Waals surface area (Å²) >= 11 is 2.68. The molecule has 2 aromatic carbocycles. The normalized spacial score (nSPS) is 14.3. The number of carbonyl (C=O) groups is 1. The highest BCUT2D eigenvalue weighted by Crippen LogP contribution is 2.32. The topological polar surface area (TPSA) is 86.3 Å². The highest BCUT2D eigenvalue weighted by Gasteiger charge is 2.30. The Kier molecular flexibility index (Phi) is 8.62. The third-order valence-electron chi connectivity index (χ3n) is 6.50. The maximum Gasteiger partial charge on any atom is 0.416 e. The molecule has 0 bridgehead atoms. The second kappa shape index (κ2) is 12.3. The number of anilines is 2. The van der Waals surface area contributed by atoms with E-state index in [0.717, 1.165) is 55.7 Å². The average molecular weight is 588 g/mol. The highest BCUT2D eigenvalue weighted by molar-refractivity contribution is 7.13. The smallest absolute Gasteiger partial charge is 0.344 e. The quantitative estimate of drug-likeness (QED) is 0.282. The van der Waals surface area contributed by atoms with E-state index in [2.05, 4.69) is 61.0 Å². The Bertz CT molecular complexity index is 1410. The summed E-state index contributed by atoms with van der Waals surface area (Å²) < 4.78 is 42.9. The number of thiazole rings is 1. The molecule has 1 fully saturated rings. The third-order valence-corrected chi connectivity index (χ3v) is 8.21. The zero-order valence-electron chi connectivity index (χ0n) is 21.7. The van der Waals surface area contributed by atoms with E-state index in [1.807, 2.05) is 0 Å². The molecule has 1 aliphatic heterocycles. The van der Waals surface area contributed by atoms with Crippen molar-refractivity contribution in [3.63, 3.8) is 0 Å². The van der Waals surface area contributed by atoms with Crippen molar-refractivity contribution < 1.29 is 18.0 Å². The van der Waals surface area contributed by atoms with Crippen LogP contribution in [0, 0.1) is 6.92 Å². The number of amides is 2. The fourth-order valence-corrected chi connectivity index (χ4v) is 5.74. The first-order valence-electron chi connectivity index (χ1n) is 12.8. The Morgan fingerprint density at radius 2 is 1.73 bits per heavy atom. The summed E-state index contributed by atoms with van der Waals surface area (Å²) in [5.41, 5.74) is 2.28. The molecule has 0 saturated carbocycles. The van der Waals surface area contributed by atoms with Crippen molar-refractivity contribution in [2.75, 3.05) is 49.5 Å². The number of benzene rings is 2. The molecule has 0 aliphatic carbocycles. The lowest BCUT2D eigenvalue weighted by atomic mass is 10.1.